The number of allylic oxidation sites excluding steroid dienone is 3. The molecule has 0 aliphatic heterocycles. The van der Waals surface area contributed by atoms with Gasteiger partial charge in [0.15, 0.2) is 5.78 Å². The van der Waals surface area contributed by atoms with E-state index in [1.54, 1.807) is 0 Å². The molecule has 4 aliphatic rings. The summed E-state index contributed by atoms with van der Waals surface area (Å²) in [6.45, 7) is 13.9. The van der Waals surface area contributed by atoms with Gasteiger partial charge in [-0.1, -0.05) is 59.3 Å². The number of rotatable bonds is 4. The van der Waals surface area contributed by atoms with Gasteiger partial charge in [0, 0.05) is 11.8 Å². The zero-order valence-electron chi connectivity index (χ0n) is 20.5. The van der Waals surface area contributed by atoms with E-state index in [1.807, 2.05) is 6.08 Å². The molecule has 0 bridgehead atoms. The van der Waals surface area contributed by atoms with Crippen molar-refractivity contribution in [3.05, 3.63) is 23.8 Å². The summed E-state index contributed by atoms with van der Waals surface area (Å²) in [6.07, 6.45) is 12.4. The molecule has 4 aliphatic carbocycles. The number of hydrogen-bond donors (Lipinski definition) is 2. The first-order chi connectivity index (χ1) is 14.4. The normalized spacial score (nSPS) is 47.0. The van der Waals surface area contributed by atoms with Crippen molar-refractivity contribution in [1.29, 1.82) is 0 Å². The minimum atomic E-state index is -1.40. The Morgan fingerprint density at radius 1 is 1.00 bits per heavy atom. The maximum absolute atomic E-state index is 13.3. The van der Waals surface area contributed by atoms with E-state index in [0.717, 1.165) is 19.3 Å². The van der Waals surface area contributed by atoms with Gasteiger partial charge in [0.1, 0.15) is 5.60 Å². The summed E-state index contributed by atoms with van der Waals surface area (Å²) in [7, 11) is 0. The molecule has 0 radical (unpaired) electrons. The molecule has 0 aromatic carbocycles. The molecule has 2 N–H and O–H groups in total. The lowest BCUT2D eigenvalue weighted by molar-refractivity contribution is -0.180. The topological polar surface area (TPSA) is 57.5 Å². The highest BCUT2D eigenvalue weighted by molar-refractivity contribution is 5.99. The van der Waals surface area contributed by atoms with Gasteiger partial charge in [0.2, 0.25) is 0 Å². The first kappa shape index (κ1) is 23.2. The fourth-order valence-electron chi connectivity index (χ4n) is 7.96. The highest BCUT2D eigenvalue weighted by Gasteiger charge is 2.65. The van der Waals surface area contributed by atoms with Gasteiger partial charge in [-0.05, 0) is 85.5 Å². The SMILES string of the molecule is CC(C)[C@@H](C)/C=C/[C@@H](C)[C@H]1CC[C@H]2C3=CC(=O)[C@@]4(O)C[C@H](O)CC[C@]4(C)[C@H]3CC[C@]12C. The van der Waals surface area contributed by atoms with E-state index >= 15 is 0 Å². The summed E-state index contributed by atoms with van der Waals surface area (Å²) >= 11 is 0. The summed E-state index contributed by atoms with van der Waals surface area (Å²) < 4.78 is 0. The first-order valence-electron chi connectivity index (χ1n) is 12.8. The van der Waals surface area contributed by atoms with Crippen molar-refractivity contribution in [3.63, 3.8) is 0 Å². The molecule has 0 saturated heterocycles. The predicted octanol–water partition coefficient (Wildman–Crippen LogP) is 5.70. The minimum absolute atomic E-state index is 0.147. The lowest BCUT2D eigenvalue weighted by Gasteiger charge is -2.59. The largest absolute Gasteiger partial charge is 0.393 e. The molecule has 4 rings (SSSR count). The van der Waals surface area contributed by atoms with Crippen LogP contribution in [0.3, 0.4) is 0 Å². The van der Waals surface area contributed by atoms with Crippen LogP contribution in [0.1, 0.15) is 86.5 Å². The smallest absolute Gasteiger partial charge is 0.187 e. The number of carbonyl (C=O) groups excluding carboxylic acids is 1. The van der Waals surface area contributed by atoms with Crippen LogP contribution in [0.15, 0.2) is 23.8 Å². The van der Waals surface area contributed by atoms with Gasteiger partial charge in [-0.15, -0.1) is 0 Å². The molecule has 3 heteroatoms. The van der Waals surface area contributed by atoms with Crippen LogP contribution in [0.2, 0.25) is 0 Å². The van der Waals surface area contributed by atoms with Crippen molar-refractivity contribution >= 4 is 5.78 Å². The summed E-state index contributed by atoms with van der Waals surface area (Å²) in [5.41, 5.74) is -0.275. The van der Waals surface area contributed by atoms with Crippen LogP contribution in [0, 0.1) is 46.3 Å². The van der Waals surface area contributed by atoms with Crippen LogP contribution in [-0.4, -0.2) is 27.7 Å². The van der Waals surface area contributed by atoms with Crippen LogP contribution in [0.5, 0.6) is 0 Å². The molecule has 0 aromatic rings. The monoisotopic (exact) mass is 428 g/mol. The van der Waals surface area contributed by atoms with E-state index in [-0.39, 0.29) is 23.5 Å². The molecule has 0 aromatic heterocycles. The Balaban J connectivity index is 1.62. The maximum Gasteiger partial charge on any atom is 0.187 e. The van der Waals surface area contributed by atoms with Crippen LogP contribution in [-0.2, 0) is 4.79 Å². The summed E-state index contributed by atoms with van der Waals surface area (Å²) in [4.78, 5) is 13.3. The Morgan fingerprint density at radius 3 is 2.39 bits per heavy atom. The zero-order chi connectivity index (χ0) is 22.8. The number of aliphatic hydroxyl groups is 2. The Hall–Kier alpha value is -0.930. The van der Waals surface area contributed by atoms with Gasteiger partial charge in [-0.3, -0.25) is 4.79 Å². The van der Waals surface area contributed by atoms with Crippen molar-refractivity contribution in [2.24, 2.45) is 46.3 Å². The van der Waals surface area contributed by atoms with Gasteiger partial charge < -0.3 is 10.2 Å². The van der Waals surface area contributed by atoms with Crippen molar-refractivity contribution < 1.29 is 15.0 Å². The summed E-state index contributed by atoms with van der Waals surface area (Å²) in [6, 6.07) is 0. The second-order valence-corrected chi connectivity index (χ2v) is 12.4. The van der Waals surface area contributed by atoms with Crippen LogP contribution < -0.4 is 0 Å². The zero-order valence-corrected chi connectivity index (χ0v) is 20.5. The fraction of sp³-hybridized carbons (Fsp3) is 0.821. The van der Waals surface area contributed by atoms with Crippen LogP contribution >= 0.6 is 0 Å². The molecule has 3 fully saturated rings. The molecule has 3 saturated carbocycles. The Bertz CT molecular complexity index is 781. The first-order valence-corrected chi connectivity index (χ1v) is 12.8. The number of ketones is 1. The third kappa shape index (κ3) is 3.41. The van der Waals surface area contributed by atoms with E-state index < -0.39 is 17.1 Å². The number of aliphatic hydroxyl groups excluding tert-OH is 1. The van der Waals surface area contributed by atoms with Gasteiger partial charge in [-0.25, -0.2) is 0 Å². The molecule has 0 spiro atoms. The Labute approximate surface area is 189 Å². The standard InChI is InChI=1S/C28H44O3/c1-17(2)18(3)7-8-19(4)22-9-10-23-21-15-25(30)28(31)16-20(29)11-14-27(28,6)24(21)12-13-26(22,23)5/h7-8,15,17-20,22-24,29,31H,9-14,16H2,1-6H3/b8-7+/t18-,19+,20+,22+,23-,24-,26+,27+,28-/m0/s1. The van der Waals surface area contributed by atoms with E-state index in [9.17, 15) is 15.0 Å². The van der Waals surface area contributed by atoms with Crippen molar-refractivity contribution in [2.75, 3.05) is 0 Å². The lowest BCUT2D eigenvalue weighted by atomic mass is 9.46. The van der Waals surface area contributed by atoms with Crippen molar-refractivity contribution in [3.8, 4) is 0 Å². The van der Waals surface area contributed by atoms with Gasteiger partial charge in [0.25, 0.3) is 0 Å². The van der Waals surface area contributed by atoms with Gasteiger partial charge in [0.05, 0.1) is 6.10 Å². The third-order valence-corrected chi connectivity index (χ3v) is 10.5. The van der Waals surface area contributed by atoms with E-state index in [4.69, 9.17) is 0 Å². The highest BCUT2D eigenvalue weighted by Crippen LogP contribution is 2.67. The molecule has 31 heavy (non-hydrogen) atoms. The molecule has 174 valence electrons. The van der Waals surface area contributed by atoms with Crippen LogP contribution in [0.4, 0.5) is 0 Å². The second kappa shape index (κ2) is 7.83. The summed E-state index contributed by atoms with van der Waals surface area (Å²) in [5, 5.41) is 21.7. The minimum Gasteiger partial charge on any atom is -0.393 e. The molecule has 0 unspecified atom stereocenters. The second-order valence-electron chi connectivity index (χ2n) is 12.4. The number of carbonyl (C=O) groups is 1. The molecular formula is C28H44O3. The quantitative estimate of drug-likeness (QED) is 0.564. The highest BCUT2D eigenvalue weighted by atomic mass is 16.3. The van der Waals surface area contributed by atoms with Gasteiger partial charge >= 0.3 is 0 Å². The molecular weight excluding hydrogens is 384 g/mol. The third-order valence-electron chi connectivity index (χ3n) is 10.5. The molecule has 9 atom stereocenters. The average Bonchev–Trinajstić information content (AvgIpc) is 3.05. The number of hydrogen-bond acceptors (Lipinski definition) is 3. The van der Waals surface area contributed by atoms with Crippen molar-refractivity contribution in [2.45, 2.75) is 98.2 Å². The maximum atomic E-state index is 13.3. The van der Waals surface area contributed by atoms with Crippen LogP contribution in [0.25, 0.3) is 0 Å². The Kier molecular flexibility index (Phi) is 5.87. The molecule has 0 heterocycles. The molecule has 0 amide bonds. The summed E-state index contributed by atoms with van der Waals surface area (Å²) in [5.74, 6) is 3.03. The van der Waals surface area contributed by atoms with E-state index in [2.05, 4.69) is 53.7 Å². The van der Waals surface area contributed by atoms with Crippen molar-refractivity contribution in [1.82, 2.24) is 0 Å². The Morgan fingerprint density at radius 2 is 1.71 bits per heavy atom. The fourth-order valence-corrected chi connectivity index (χ4v) is 7.96. The van der Waals surface area contributed by atoms with E-state index in [0.29, 0.717) is 36.0 Å². The molecule has 3 nitrogen and oxygen atoms in total. The predicted molar refractivity (Wildman–Crippen MR) is 125 cm³/mol. The van der Waals surface area contributed by atoms with Gasteiger partial charge in [-0.2, -0.15) is 0 Å². The number of fused-ring (bicyclic) bond motifs is 5. The lowest BCUT2D eigenvalue weighted by Crippen LogP contribution is -2.64. The average molecular weight is 429 g/mol. The van der Waals surface area contributed by atoms with E-state index in [1.165, 1.54) is 18.4 Å².